The fourth-order valence-corrected chi connectivity index (χ4v) is 1.93. The molecule has 5 nitrogen and oxygen atoms in total. The maximum atomic E-state index is 10.8. The number of carbonyl (C=O) groups is 2. The molecule has 2 atom stereocenters. The number of likely N-dealkylation sites (N-methyl/N-ethyl adjacent to an activating group) is 1. The van der Waals surface area contributed by atoms with E-state index in [4.69, 9.17) is 9.47 Å². The summed E-state index contributed by atoms with van der Waals surface area (Å²) >= 11 is 0. The van der Waals surface area contributed by atoms with E-state index in [1.165, 1.54) is 6.92 Å². The first-order chi connectivity index (χ1) is 7.26. The fraction of sp³-hybridized carbons (Fsp3) is 0.818. The van der Waals surface area contributed by atoms with E-state index in [0.29, 0.717) is 24.0 Å². The van der Waals surface area contributed by atoms with Crippen molar-refractivity contribution in [1.29, 1.82) is 0 Å². The van der Waals surface area contributed by atoms with E-state index < -0.39 is 0 Å². The second-order valence-electron chi connectivity index (χ2n) is 4.76. The van der Waals surface area contributed by atoms with E-state index in [-0.39, 0.29) is 18.2 Å². The lowest BCUT2D eigenvalue weighted by Crippen LogP contribution is -2.49. The molecule has 16 heavy (non-hydrogen) atoms. The molecule has 0 rings (SSSR count). The van der Waals surface area contributed by atoms with Gasteiger partial charge >= 0.3 is 5.97 Å². The minimum absolute atomic E-state index is 0.142. The van der Waals surface area contributed by atoms with Gasteiger partial charge in [-0.15, -0.1) is 0 Å². The standard InChI is InChI=1S/C11H22NO4/c1-9(15-8-13)6-12(4,5)7-10(2)16-11(3)14/h8-10H,6-7H2,1-5H3/q+1. The molecule has 0 amide bonds. The highest BCUT2D eigenvalue weighted by Gasteiger charge is 2.24. The lowest BCUT2D eigenvalue weighted by molar-refractivity contribution is -0.895. The van der Waals surface area contributed by atoms with Gasteiger partial charge in [0, 0.05) is 6.92 Å². The Morgan fingerprint density at radius 1 is 1.25 bits per heavy atom. The van der Waals surface area contributed by atoms with Gasteiger partial charge in [0.1, 0.15) is 25.3 Å². The first-order valence-corrected chi connectivity index (χ1v) is 5.35. The monoisotopic (exact) mass is 232 g/mol. The molecule has 0 aliphatic carbocycles. The third kappa shape index (κ3) is 7.23. The van der Waals surface area contributed by atoms with Crippen molar-refractivity contribution in [2.24, 2.45) is 0 Å². The average molecular weight is 232 g/mol. The Morgan fingerprint density at radius 3 is 2.19 bits per heavy atom. The first-order valence-electron chi connectivity index (χ1n) is 5.35. The number of esters is 1. The third-order valence-electron chi connectivity index (χ3n) is 2.16. The summed E-state index contributed by atoms with van der Waals surface area (Å²) in [6.07, 6.45) is -0.284. The zero-order chi connectivity index (χ0) is 12.8. The van der Waals surface area contributed by atoms with Crippen LogP contribution >= 0.6 is 0 Å². The Morgan fingerprint density at radius 2 is 1.75 bits per heavy atom. The normalized spacial score (nSPS) is 15.1. The summed E-state index contributed by atoms with van der Waals surface area (Å²) in [6.45, 7) is 6.92. The summed E-state index contributed by atoms with van der Waals surface area (Å²) in [4.78, 5) is 20.9. The van der Waals surface area contributed by atoms with Crippen molar-refractivity contribution in [3.05, 3.63) is 0 Å². The Labute approximate surface area is 96.9 Å². The molecule has 0 aromatic heterocycles. The van der Waals surface area contributed by atoms with Crippen molar-refractivity contribution >= 4 is 12.4 Å². The number of quaternary nitrogens is 1. The summed E-state index contributed by atoms with van der Waals surface area (Å²) in [5.41, 5.74) is 0. The maximum Gasteiger partial charge on any atom is 0.303 e. The van der Waals surface area contributed by atoms with Crippen LogP contribution in [0.15, 0.2) is 0 Å². The van der Waals surface area contributed by atoms with E-state index in [1.54, 1.807) is 0 Å². The lowest BCUT2D eigenvalue weighted by atomic mass is 10.2. The van der Waals surface area contributed by atoms with Gasteiger partial charge in [-0.3, -0.25) is 9.59 Å². The predicted octanol–water partition coefficient (Wildman–Crippen LogP) is 0.576. The summed E-state index contributed by atoms with van der Waals surface area (Å²) in [6, 6.07) is 0. The van der Waals surface area contributed by atoms with Crippen molar-refractivity contribution < 1.29 is 23.5 Å². The summed E-state index contributed by atoms with van der Waals surface area (Å²) in [7, 11) is 4.01. The quantitative estimate of drug-likeness (QED) is 0.366. The number of rotatable bonds is 7. The second kappa shape index (κ2) is 6.48. The minimum Gasteiger partial charge on any atom is -0.459 e. The summed E-state index contributed by atoms with van der Waals surface area (Å²) in [5, 5.41) is 0. The molecular weight excluding hydrogens is 210 g/mol. The molecule has 0 aliphatic heterocycles. The van der Waals surface area contributed by atoms with Gasteiger partial charge in [-0.25, -0.2) is 0 Å². The summed E-state index contributed by atoms with van der Waals surface area (Å²) in [5.74, 6) is -0.273. The second-order valence-corrected chi connectivity index (χ2v) is 4.76. The van der Waals surface area contributed by atoms with Crippen LogP contribution in [0, 0.1) is 0 Å². The van der Waals surface area contributed by atoms with Crippen molar-refractivity contribution in [3.8, 4) is 0 Å². The van der Waals surface area contributed by atoms with Crippen LogP contribution in [0.2, 0.25) is 0 Å². The number of hydrogen-bond acceptors (Lipinski definition) is 4. The van der Waals surface area contributed by atoms with Gasteiger partial charge in [0.15, 0.2) is 0 Å². The van der Waals surface area contributed by atoms with E-state index >= 15 is 0 Å². The molecule has 0 saturated heterocycles. The number of nitrogens with zero attached hydrogens (tertiary/aromatic N) is 1. The third-order valence-corrected chi connectivity index (χ3v) is 2.16. The molecule has 0 bridgehead atoms. The molecule has 0 radical (unpaired) electrons. The van der Waals surface area contributed by atoms with Crippen LogP contribution in [0.25, 0.3) is 0 Å². The van der Waals surface area contributed by atoms with Gasteiger partial charge < -0.3 is 14.0 Å². The van der Waals surface area contributed by atoms with Crippen LogP contribution in [0.5, 0.6) is 0 Å². The minimum atomic E-state index is -0.273. The van der Waals surface area contributed by atoms with Gasteiger partial charge in [0.2, 0.25) is 0 Å². The van der Waals surface area contributed by atoms with Crippen molar-refractivity contribution in [2.75, 3.05) is 27.2 Å². The van der Waals surface area contributed by atoms with Gasteiger partial charge in [0.25, 0.3) is 6.47 Å². The Balaban J connectivity index is 4.11. The molecule has 0 aromatic carbocycles. The highest BCUT2D eigenvalue weighted by atomic mass is 16.5. The largest absolute Gasteiger partial charge is 0.459 e. The maximum absolute atomic E-state index is 10.8. The molecule has 2 unspecified atom stereocenters. The molecule has 0 aromatic rings. The highest BCUT2D eigenvalue weighted by molar-refractivity contribution is 5.66. The van der Waals surface area contributed by atoms with Crippen LogP contribution in [0.4, 0.5) is 0 Å². The smallest absolute Gasteiger partial charge is 0.303 e. The molecule has 0 spiro atoms. The first kappa shape index (κ1) is 14.9. The van der Waals surface area contributed by atoms with E-state index in [2.05, 4.69) is 0 Å². The Hall–Kier alpha value is -1.10. The van der Waals surface area contributed by atoms with E-state index in [9.17, 15) is 9.59 Å². The van der Waals surface area contributed by atoms with Crippen molar-refractivity contribution in [1.82, 2.24) is 0 Å². The van der Waals surface area contributed by atoms with Gasteiger partial charge in [-0.1, -0.05) is 0 Å². The Kier molecular flexibility index (Phi) is 6.03. The lowest BCUT2D eigenvalue weighted by Gasteiger charge is -2.33. The van der Waals surface area contributed by atoms with Gasteiger partial charge in [0.05, 0.1) is 14.1 Å². The molecule has 0 N–H and O–H groups in total. The molecule has 5 heteroatoms. The van der Waals surface area contributed by atoms with Crippen molar-refractivity contribution in [3.63, 3.8) is 0 Å². The number of carbonyl (C=O) groups excluding carboxylic acids is 2. The molecule has 0 aliphatic rings. The SMILES string of the molecule is CC(=O)OC(C)C[N+](C)(C)CC(C)OC=O. The van der Waals surface area contributed by atoms with Crippen LogP contribution < -0.4 is 0 Å². The van der Waals surface area contributed by atoms with E-state index in [0.717, 1.165) is 0 Å². The van der Waals surface area contributed by atoms with Gasteiger partial charge in [-0.05, 0) is 13.8 Å². The molecule has 94 valence electrons. The molecule has 0 heterocycles. The fourth-order valence-electron chi connectivity index (χ4n) is 1.93. The predicted molar refractivity (Wildman–Crippen MR) is 59.7 cm³/mol. The van der Waals surface area contributed by atoms with Gasteiger partial charge in [-0.2, -0.15) is 0 Å². The van der Waals surface area contributed by atoms with Crippen LogP contribution in [-0.4, -0.2) is 56.3 Å². The topological polar surface area (TPSA) is 52.6 Å². The Bertz CT molecular complexity index is 240. The zero-order valence-electron chi connectivity index (χ0n) is 10.7. The zero-order valence-corrected chi connectivity index (χ0v) is 10.7. The van der Waals surface area contributed by atoms with Crippen LogP contribution in [0.3, 0.4) is 0 Å². The van der Waals surface area contributed by atoms with Crippen LogP contribution in [-0.2, 0) is 19.1 Å². The average Bonchev–Trinajstić information content (AvgIpc) is 1.98. The molecule has 0 fully saturated rings. The number of hydrogen-bond donors (Lipinski definition) is 0. The molecular formula is C11H22NO4+. The number of ether oxygens (including phenoxy) is 2. The van der Waals surface area contributed by atoms with E-state index in [1.807, 2.05) is 27.9 Å². The highest BCUT2D eigenvalue weighted by Crippen LogP contribution is 2.06. The van der Waals surface area contributed by atoms with Crippen molar-refractivity contribution in [2.45, 2.75) is 33.0 Å². The molecule has 0 saturated carbocycles. The van der Waals surface area contributed by atoms with Crippen LogP contribution in [0.1, 0.15) is 20.8 Å². The summed E-state index contributed by atoms with van der Waals surface area (Å²) < 4.78 is 10.5.